The summed E-state index contributed by atoms with van der Waals surface area (Å²) in [6, 6.07) is 0. The van der Waals surface area contributed by atoms with Gasteiger partial charge in [-0.3, -0.25) is 0 Å². The van der Waals surface area contributed by atoms with Gasteiger partial charge in [-0.25, -0.2) is 4.91 Å². The van der Waals surface area contributed by atoms with E-state index in [9.17, 15) is 0 Å². The quantitative estimate of drug-likeness (QED) is 0.407. The van der Waals surface area contributed by atoms with Crippen molar-refractivity contribution >= 4 is 30.9 Å². The summed E-state index contributed by atoms with van der Waals surface area (Å²) >= 11 is 0. The molecule has 0 amide bonds. The summed E-state index contributed by atoms with van der Waals surface area (Å²) in [6.07, 6.45) is 0. The molecule has 0 aliphatic carbocycles. The van der Waals surface area contributed by atoms with Gasteiger partial charge in [0.25, 0.3) is 0 Å². The second kappa shape index (κ2) is 6.06. The van der Waals surface area contributed by atoms with Crippen LogP contribution in [0.4, 0.5) is 0 Å². The van der Waals surface area contributed by atoms with E-state index in [1.165, 1.54) is 0 Å². The maximum absolute atomic E-state index is 6.40. The molecule has 14 heavy (non-hydrogen) atoms. The zero-order valence-corrected chi connectivity index (χ0v) is 19.3. The molecule has 0 aromatic carbocycles. The molecule has 0 aromatic heterocycles. The van der Waals surface area contributed by atoms with Crippen LogP contribution in [0.1, 0.15) is 0 Å². The second-order valence-corrected chi connectivity index (χ2v) is 21.3. The monoisotopic (exact) mass is 315 g/mol. The molecule has 0 fully saturated rings. The number of hydrogen-bond donors (Lipinski definition) is 0. The van der Waals surface area contributed by atoms with Crippen molar-refractivity contribution in [2.75, 3.05) is 13.3 Å². The van der Waals surface area contributed by atoms with E-state index in [2.05, 4.69) is 52.6 Å². The van der Waals surface area contributed by atoms with Gasteiger partial charge in [0.1, 0.15) is 0 Å². The van der Waals surface area contributed by atoms with Crippen molar-refractivity contribution in [3.8, 4) is 0 Å². The first-order valence-electron chi connectivity index (χ1n) is 4.88. The van der Waals surface area contributed by atoms with Gasteiger partial charge in [-0.2, -0.15) is 0 Å². The Morgan fingerprint density at radius 3 is 1.07 bits per heavy atom. The molecule has 0 aliphatic heterocycles. The molecule has 77 valence electrons. The Morgan fingerprint density at radius 1 is 0.857 bits per heavy atom. The Labute approximate surface area is 144 Å². The Morgan fingerprint density at radius 2 is 1.07 bits per heavy atom. The van der Waals surface area contributed by atoms with Crippen molar-refractivity contribution in [1.82, 2.24) is 0 Å². The van der Waals surface area contributed by atoms with Crippen LogP contribution in [0.15, 0.2) is 0 Å². The minimum atomic E-state index is -1.23. The third-order valence-corrected chi connectivity index (χ3v) is 18.0. The molecule has 0 spiro atoms. The van der Waals surface area contributed by atoms with E-state index in [1.54, 1.807) is 0 Å². The van der Waals surface area contributed by atoms with E-state index in [0.29, 0.717) is 0 Å². The predicted molar refractivity (Wildman–Crippen MR) is 74.5 cm³/mol. The van der Waals surface area contributed by atoms with Crippen molar-refractivity contribution in [2.45, 2.75) is 39.3 Å². The topological polar surface area (TPSA) is 0 Å². The van der Waals surface area contributed by atoms with Gasteiger partial charge in [-0.05, 0) is 13.3 Å². The predicted octanol–water partition coefficient (Wildman–Crippen LogP) is 0.638. The summed E-state index contributed by atoms with van der Waals surface area (Å²) < 4.78 is 0. The third kappa shape index (κ3) is 6.46. The molecule has 0 aliphatic rings. The van der Waals surface area contributed by atoms with Crippen molar-refractivity contribution < 1.29 is 58.2 Å². The first-order chi connectivity index (χ1) is 5.37. The first kappa shape index (κ1) is 19.1. The molecular weight excluding hydrogens is 292 g/mol. The molecule has 0 aromatic rings. The van der Waals surface area contributed by atoms with Gasteiger partial charge in [-0.15, -0.1) is 0 Å². The van der Waals surface area contributed by atoms with Crippen LogP contribution >= 0.6 is 7.14 Å². The van der Waals surface area contributed by atoms with Gasteiger partial charge in [-0.1, -0.05) is 55.4 Å². The van der Waals surface area contributed by atoms with Crippen LogP contribution in [-0.4, -0.2) is 37.0 Å². The third-order valence-electron chi connectivity index (χ3n) is 2.00. The molecule has 0 saturated carbocycles. The van der Waals surface area contributed by atoms with Crippen LogP contribution in [0.5, 0.6) is 0 Å². The van der Waals surface area contributed by atoms with Gasteiger partial charge < -0.3 is 14.7 Å². The zero-order valence-electron chi connectivity index (χ0n) is 11.5. The minimum Gasteiger partial charge on any atom is -0.388 e. The first-order valence-corrected chi connectivity index (χ1v) is 14.6. The van der Waals surface area contributed by atoms with Crippen LogP contribution < -0.4 is 58.2 Å². The molecule has 0 heterocycles. The average molecular weight is 316 g/mol. The summed E-state index contributed by atoms with van der Waals surface area (Å²) in [6.45, 7) is 19.2. The SMILES string of the molecule is [B-][P+](C)(C)[C-]([Si](C)(C)C)[Si](C)(C)C.[Rb+]. The molecule has 0 unspecified atom stereocenters. The molecule has 5 heteroatoms. The van der Waals surface area contributed by atoms with Crippen LogP contribution in [0, 0.1) is 4.91 Å². The Balaban J connectivity index is 0. The van der Waals surface area contributed by atoms with Crippen LogP contribution in [0.25, 0.3) is 0 Å². The minimum absolute atomic E-state index is 0. The molecule has 0 N–H and O–H groups in total. The summed E-state index contributed by atoms with van der Waals surface area (Å²) in [7, 11) is 2.86. The Kier molecular flexibility index (Phi) is 8.26. The smallest absolute Gasteiger partial charge is 0.388 e. The van der Waals surface area contributed by atoms with Crippen molar-refractivity contribution in [1.29, 1.82) is 0 Å². The van der Waals surface area contributed by atoms with E-state index in [0.717, 1.165) is 0 Å². The maximum atomic E-state index is 6.40. The van der Waals surface area contributed by atoms with Crippen molar-refractivity contribution in [3.05, 3.63) is 4.91 Å². The molecule has 0 atom stereocenters. The fourth-order valence-electron chi connectivity index (χ4n) is 2.85. The van der Waals surface area contributed by atoms with E-state index in [4.69, 9.17) is 7.57 Å². The van der Waals surface area contributed by atoms with Gasteiger partial charge >= 0.3 is 58.2 Å². The molecular formula is C9H24BPRbSi2. The van der Waals surface area contributed by atoms with Crippen LogP contribution in [0.2, 0.25) is 39.3 Å². The largest absolute Gasteiger partial charge is 1.00 e. The maximum Gasteiger partial charge on any atom is 1.00 e. The fourth-order valence-corrected chi connectivity index (χ4v) is 25.7. The Bertz CT molecular complexity index is 145. The van der Waals surface area contributed by atoms with Crippen LogP contribution in [0.3, 0.4) is 0 Å². The van der Waals surface area contributed by atoms with Gasteiger partial charge in [0, 0.05) is 0 Å². The summed E-state index contributed by atoms with van der Waals surface area (Å²) in [5, 5.41) is 0. The Hall–Kier alpha value is 2.73. The van der Waals surface area contributed by atoms with E-state index < -0.39 is 23.3 Å². The number of hydrogen-bond acceptors (Lipinski definition) is 0. The van der Waals surface area contributed by atoms with Crippen molar-refractivity contribution in [2.24, 2.45) is 0 Å². The molecule has 3 radical (unpaired) electrons. The molecule has 0 bridgehead atoms. The standard InChI is InChI=1S/C9H24BPSi2.Rb/c1-11(2,10)9(12(3,4)5)13(6,7)8;/h1-8H3;/q-1;+1. The summed E-state index contributed by atoms with van der Waals surface area (Å²) in [5.74, 6) is 0. The summed E-state index contributed by atoms with van der Waals surface area (Å²) in [5.41, 5.74) is 0. The zero-order chi connectivity index (χ0) is 11.1. The number of rotatable bonds is 3. The van der Waals surface area contributed by atoms with E-state index >= 15 is 0 Å². The average Bonchev–Trinajstić information content (AvgIpc) is 1.44. The molecule has 0 rings (SSSR count). The summed E-state index contributed by atoms with van der Waals surface area (Å²) in [4.78, 5) is 1.81. The normalized spacial score (nSPS) is 14.1. The second-order valence-electron chi connectivity index (χ2n) is 6.39. The molecule has 0 nitrogen and oxygen atoms in total. The fraction of sp³-hybridized carbons (Fsp3) is 0.889. The van der Waals surface area contributed by atoms with E-state index in [-0.39, 0.29) is 58.2 Å². The van der Waals surface area contributed by atoms with Crippen LogP contribution in [-0.2, 0) is 0 Å². The molecule has 0 saturated heterocycles. The van der Waals surface area contributed by atoms with Gasteiger partial charge in [0.2, 0.25) is 0 Å². The van der Waals surface area contributed by atoms with Gasteiger partial charge in [0.05, 0.1) is 0 Å². The van der Waals surface area contributed by atoms with E-state index in [1.807, 2.05) is 4.91 Å². The van der Waals surface area contributed by atoms with Gasteiger partial charge in [0.15, 0.2) is 0 Å². The van der Waals surface area contributed by atoms with Crippen molar-refractivity contribution in [3.63, 3.8) is 0 Å².